The molecule has 1 unspecified atom stereocenters. The Morgan fingerprint density at radius 2 is 2.30 bits per heavy atom. The summed E-state index contributed by atoms with van der Waals surface area (Å²) in [5, 5.41) is 6.80. The molecule has 4 nitrogen and oxygen atoms in total. The standard InChI is InChI=1S/C16H22N2O2/c1-20-14-5-2-4-12(10-14)15(19)18-13-6-9-17-16(11-13)7-3-8-16/h2,4-5,10,13,17H,3,6-9,11H2,1H3,(H,18,19). The van der Waals surface area contributed by atoms with Crippen LogP contribution in [0.5, 0.6) is 5.75 Å². The predicted octanol–water partition coefficient (Wildman–Crippen LogP) is 2.10. The van der Waals surface area contributed by atoms with Gasteiger partial charge in [0.25, 0.3) is 5.91 Å². The van der Waals surface area contributed by atoms with Crippen molar-refractivity contribution in [2.24, 2.45) is 0 Å². The van der Waals surface area contributed by atoms with Crippen LogP contribution in [-0.4, -0.2) is 31.1 Å². The van der Waals surface area contributed by atoms with Crippen molar-refractivity contribution in [2.45, 2.75) is 43.7 Å². The van der Waals surface area contributed by atoms with Crippen molar-refractivity contribution in [3.63, 3.8) is 0 Å². The number of amides is 1. The summed E-state index contributed by atoms with van der Waals surface area (Å²) in [6.45, 7) is 1.00. The smallest absolute Gasteiger partial charge is 0.251 e. The van der Waals surface area contributed by atoms with Crippen LogP contribution in [0.15, 0.2) is 24.3 Å². The summed E-state index contributed by atoms with van der Waals surface area (Å²) in [6.07, 6.45) is 5.88. The third-order valence-corrected chi connectivity index (χ3v) is 4.61. The van der Waals surface area contributed by atoms with Gasteiger partial charge in [0.1, 0.15) is 5.75 Å². The van der Waals surface area contributed by atoms with E-state index in [0.717, 1.165) is 25.1 Å². The minimum Gasteiger partial charge on any atom is -0.497 e. The lowest BCUT2D eigenvalue weighted by molar-refractivity contribution is 0.0852. The number of ether oxygens (including phenoxy) is 1. The number of carbonyl (C=O) groups is 1. The maximum atomic E-state index is 12.3. The van der Waals surface area contributed by atoms with E-state index >= 15 is 0 Å². The molecular formula is C16H22N2O2. The number of hydrogen-bond donors (Lipinski definition) is 2. The maximum Gasteiger partial charge on any atom is 0.251 e. The fraction of sp³-hybridized carbons (Fsp3) is 0.562. The number of nitrogens with one attached hydrogen (secondary N) is 2. The monoisotopic (exact) mass is 274 g/mol. The van der Waals surface area contributed by atoms with Gasteiger partial charge >= 0.3 is 0 Å². The van der Waals surface area contributed by atoms with E-state index in [-0.39, 0.29) is 11.9 Å². The SMILES string of the molecule is COc1cccc(C(=O)NC2CCNC3(CCC3)C2)c1. The van der Waals surface area contributed by atoms with E-state index in [1.165, 1.54) is 19.3 Å². The molecule has 4 heteroatoms. The molecule has 3 rings (SSSR count). The van der Waals surface area contributed by atoms with Gasteiger partial charge in [-0.15, -0.1) is 0 Å². The zero-order valence-electron chi connectivity index (χ0n) is 11.9. The van der Waals surface area contributed by atoms with Gasteiger partial charge in [0, 0.05) is 17.1 Å². The largest absolute Gasteiger partial charge is 0.497 e. The minimum atomic E-state index is 0.00488. The van der Waals surface area contributed by atoms with Crippen LogP contribution in [0.25, 0.3) is 0 Å². The molecule has 20 heavy (non-hydrogen) atoms. The molecule has 1 aromatic rings. The normalized spacial score (nSPS) is 23.9. The molecule has 1 aliphatic heterocycles. The van der Waals surface area contributed by atoms with Gasteiger partial charge in [0.15, 0.2) is 0 Å². The van der Waals surface area contributed by atoms with Crippen LogP contribution in [0, 0.1) is 0 Å². The van der Waals surface area contributed by atoms with Gasteiger partial charge in [-0.25, -0.2) is 0 Å². The van der Waals surface area contributed by atoms with Crippen molar-refractivity contribution in [3.8, 4) is 5.75 Å². The van der Waals surface area contributed by atoms with Crippen molar-refractivity contribution in [1.82, 2.24) is 10.6 Å². The number of benzene rings is 1. The Bertz CT molecular complexity index is 497. The van der Waals surface area contributed by atoms with Gasteiger partial charge in [-0.3, -0.25) is 4.79 Å². The molecule has 1 spiro atoms. The molecular weight excluding hydrogens is 252 g/mol. The first-order valence-electron chi connectivity index (χ1n) is 7.41. The van der Waals surface area contributed by atoms with E-state index in [1.807, 2.05) is 18.2 Å². The van der Waals surface area contributed by atoms with E-state index in [0.29, 0.717) is 11.1 Å². The second-order valence-corrected chi connectivity index (χ2v) is 5.96. The molecule has 2 aliphatic rings. The molecule has 1 heterocycles. The summed E-state index contributed by atoms with van der Waals surface area (Å²) in [4.78, 5) is 12.3. The van der Waals surface area contributed by atoms with Crippen molar-refractivity contribution in [3.05, 3.63) is 29.8 Å². The highest BCUT2D eigenvalue weighted by atomic mass is 16.5. The second kappa shape index (κ2) is 5.44. The number of methoxy groups -OCH3 is 1. The van der Waals surface area contributed by atoms with Gasteiger partial charge in [0.2, 0.25) is 0 Å². The first kappa shape index (κ1) is 13.4. The zero-order chi connectivity index (χ0) is 14.0. The Balaban J connectivity index is 1.63. The lowest BCUT2D eigenvalue weighted by atomic mass is 9.70. The van der Waals surface area contributed by atoms with Crippen LogP contribution in [-0.2, 0) is 0 Å². The fourth-order valence-electron chi connectivity index (χ4n) is 3.30. The summed E-state index contributed by atoms with van der Waals surface area (Å²) < 4.78 is 5.16. The molecule has 108 valence electrons. The number of carbonyl (C=O) groups excluding carboxylic acids is 1. The Morgan fingerprint density at radius 3 is 3.00 bits per heavy atom. The van der Waals surface area contributed by atoms with Crippen LogP contribution < -0.4 is 15.4 Å². The van der Waals surface area contributed by atoms with E-state index < -0.39 is 0 Å². The first-order chi connectivity index (χ1) is 9.71. The van der Waals surface area contributed by atoms with Crippen LogP contribution >= 0.6 is 0 Å². The molecule has 1 saturated heterocycles. The predicted molar refractivity (Wildman–Crippen MR) is 78.1 cm³/mol. The summed E-state index contributed by atoms with van der Waals surface area (Å²) in [5.41, 5.74) is 0.982. The highest BCUT2D eigenvalue weighted by Crippen LogP contribution is 2.38. The molecule has 1 atom stereocenters. The van der Waals surface area contributed by atoms with Gasteiger partial charge in [-0.1, -0.05) is 6.07 Å². The van der Waals surface area contributed by atoms with Crippen molar-refractivity contribution >= 4 is 5.91 Å². The average molecular weight is 274 g/mol. The topological polar surface area (TPSA) is 50.4 Å². The Hall–Kier alpha value is -1.55. The molecule has 0 aromatic heterocycles. The third-order valence-electron chi connectivity index (χ3n) is 4.61. The van der Waals surface area contributed by atoms with Crippen LogP contribution in [0.4, 0.5) is 0 Å². The molecule has 2 N–H and O–H groups in total. The lowest BCUT2D eigenvalue weighted by Gasteiger charge is -2.48. The zero-order valence-corrected chi connectivity index (χ0v) is 11.9. The second-order valence-electron chi connectivity index (χ2n) is 5.96. The Kier molecular flexibility index (Phi) is 3.66. The summed E-state index contributed by atoms with van der Waals surface area (Å²) in [7, 11) is 1.62. The molecule has 0 radical (unpaired) electrons. The number of hydrogen-bond acceptors (Lipinski definition) is 3. The highest BCUT2D eigenvalue weighted by molar-refractivity contribution is 5.94. The fourth-order valence-corrected chi connectivity index (χ4v) is 3.30. The first-order valence-corrected chi connectivity index (χ1v) is 7.41. The van der Waals surface area contributed by atoms with E-state index in [1.54, 1.807) is 13.2 Å². The van der Waals surface area contributed by atoms with Gasteiger partial charge in [-0.05, 0) is 56.8 Å². The van der Waals surface area contributed by atoms with Crippen LogP contribution in [0.3, 0.4) is 0 Å². The maximum absolute atomic E-state index is 12.3. The third kappa shape index (κ3) is 2.66. The highest BCUT2D eigenvalue weighted by Gasteiger charge is 2.41. The number of rotatable bonds is 3. The van der Waals surface area contributed by atoms with Gasteiger partial charge in [0.05, 0.1) is 7.11 Å². The van der Waals surface area contributed by atoms with E-state index in [4.69, 9.17) is 4.74 Å². The van der Waals surface area contributed by atoms with Crippen molar-refractivity contribution < 1.29 is 9.53 Å². The van der Waals surface area contributed by atoms with Crippen molar-refractivity contribution in [2.75, 3.05) is 13.7 Å². The average Bonchev–Trinajstić information content (AvgIpc) is 2.46. The molecule has 1 aliphatic carbocycles. The quantitative estimate of drug-likeness (QED) is 0.887. The van der Waals surface area contributed by atoms with Crippen LogP contribution in [0.1, 0.15) is 42.5 Å². The number of piperidine rings is 1. The molecule has 1 amide bonds. The molecule has 2 fully saturated rings. The lowest BCUT2D eigenvalue weighted by Crippen LogP contribution is -2.59. The Morgan fingerprint density at radius 1 is 1.45 bits per heavy atom. The summed E-state index contributed by atoms with van der Waals surface area (Å²) in [6, 6.07) is 7.61. The van der Waals surface area contributed by atoms with E-state index in [9.17, 15) is 4.79 Å². The molecule has 1 aromatic carbocycles. The summed E-state index contributed by atoms with van der Waals surface area (Å²) in [5.74, 6) is 0.726. The van der Waals surface area contributed by atoms with Crippen molar-refractivity contribution in [1.29, 1.82) is 0 Å². The Labute approximate surface area is 119 Å². The summed E-state index contributed by atoms with van der Waals surface area (Å²) >= 11 is 0. The van der Waals surface area contributed by atoms with E-state index in [2.05, 4.69) is 10.6 Å². The minimum absolute atomic E-state index is 0.00488. The molecule has 0 bridgehead atoms. The van der Waals surface area contributed by atoms with Gasteiger partial charge in [-0.2, -0.15) is 0 Å². The molecule has 1 saturated carbocycles. The van der Waals surface area contributed by atoms with Crippen LogP contribution in [0.2, 0.25) is 0 Å². The van der Waals surface area contributed by atoms with Gasteiger partial charge < -0.3 is 15.4 Å².